The van der Waals surface area contributed by atoms with Gasteiger partial charge in [0.25, 0.3) is 0 Å². The van der Waals surface area contributed by atoms with Gasteiger partial charge in [-0.1, -0.05) is 56.2 Å². The third-order valence-electron chi connectivity index (χ3n) is 3.72. The molecule has 2 rings (SSSR count). The van der Waals surface area contributed by atoms with E-state index in [1.165, 1.54) is 24.1 Å². The van der Waals surface area contributed by atoms with Crippen LogP contribution in [0, 0.1) is 11.6 Å². The lowest BCUT2D eigenvalue weighted by molar-refractivity contribution is 0.420. The molecule has 0 fully saturated rings. The first-order chi connectivity index (χ1) is 10.5. The van der Waals surface area contributed by atoms with E-state index in [1.54, 1.807) is 12.1 Å². The van der Waals surface area contributed by atoms with E-state index in [1.807, 2.05) is 12.1 Å². The smallest absolute Gasteiger partial charge is 0.423 e. The first-order valence-corrected chi connectivity index (χ1v) is 7.48. The highest BCUT2D eigenvalue weighted by Gasteiger charge is 2.22. The first-order valence-electron chi connectivity index (χ1n) is 7.48. The van der Waals surface area contributed by atoms with Gasteiger partial charge in [-0.25, -0.2) is 8.78 Å². The molecule has 0 atom stereocenters. The fourth-order valence-corrected chi connectivity index (χ4v) is 2.42. The molecule has 2 aromatic carbocycles. The number of hydrogen-bond acceptors (Lipinski definition) is 2. The maximum absolute atomic E-state index is 14.1. The van der Waals surface area contributed by atoms with E-state index < -0.39 is 24.2 Å². The Labute approximate surface area is 129 Å². The van der Waals surface area contributed by atoms with Crippen molar-refractivity contribution in [1.29, 1.82) is 0 Å². The lowest BCUT2D eigenvalue weighted by Gasteiger charge is -2.09. The van der Waals surface area contributed by atoms with Crippen molar-refractivity contribution in [2.75, 3.05) is 0 Å². The summed E-state index contributed by atoms with van der Waals surface area (Å²) < 4.78 is 27.8. The molecular formula is C17H19BF2O2. The Morgan fingerprint density at radius 2 is 1.59 bits per heavy atom. The molecule has 0 amide bonds. The minimum absolute atomic E-state index is 0.113. The minimum Gasteiger partial charge on any atom is -0.423 e. The maximum Gasteiger partial charge on any atom is 0.491 e. The summed E-state index contributed by atoms with van der Waals surface area (Å²) >= 11 is 0. The Hall–Kier alpha value is -1.72. The molecule has 0 spiro atoms. The fraction of sp³-hybridized carbons (Fsp3) is 0.294. The van der Waals surface area contributed by atoms with Crippen LogP contribution in [-0.4, -0.2) is 17.2 Å². The molecule has 22 heavy (non-hydrogen) atoms. The van der Waals surface area contributed by atoms with E-state index in [9.17, 15) is 8.78 Å². The largest absolute Gasteiger partial charge is 0.491 e. The van der Waals surface area contributed by atoms with Crippen LogP contribution in [0.3, 0.4) is 0 Å². The number of aryl methyl sites for hydroxylation is 1. The zero-order chi connectivity index (χ0) is 16.1. The van der Waals surface area contributed by atoms with Gasteiger partial charge in [0, 0.05) is 11.0 Å². The van der Waals surface area contributed by atoms with Crippen molar-refractivity contribution < 1.29 is 18.8 Å². The second-order valence-electron chi connectivity index (χ2n) is 5.36. The summed E-state index contributed by atoms with van der Waals surface area (Å²) in [4.78, 5) is 0. The third-order valence-corrected chi connectivity index (χ3v) is 3.72. The average Bonchev–Trinajstić information content (AvgIpc) is 2.51. The molecule has 0 aliphatic rings. The lowest BCUT2D eigenvalue weighted by atomic mass is 9.79. The zero-order valence-corrected chi connectivity index (χ0v) is 12.5. The predicted molar refractivity (Wildman–Crippen MR) is 84.8 cm³/mol. The highest BCUT2D eigenvalue weighted by molar-refractivity contribution is 6.58. The van der Waals surface area contributed by atoms with Gasteiger partial charge in [-0.05, 0) is 24.0 Å². The Balaban J connectivity index is 2.23. The molecule has 0 bridgehead atoms. The summed E-state index contributed by atoms with van der Waals surface area (Å²) in [7, 11) is -2.02. The van der Waals surface area contributed by atoms with Gasteiger partial charge in [0.2, 0.25) is 0 Å². The second kappa shape index (κ2) is 7.52. The molecule has 2 N–H and O–H groups in total. The number of unbranched alkanes of at least 4 members (excludes halogenated alkanes) is 2. The van der Waals surface area contributed by atoms with E-state index >= 15 is 0 Å². The molecule has 0 unspecified atom stereocenters. The van der Waals surface area contributed by atoms with Crippen LogP contribution in [0.15, 0.2) is 36.4 Å². The van der Waals surface area contributed by atoms with Gasteiger partial charge in [0.05, 0.1) is 0 Å². The van der Waals surface area contributed by atoms with Gasteiger partial charge in [0.15, 0.2) is 11.6 Å². The molecule has 0 heterocycles. The fourth-order valence-electron chi connectivity index (χ4n) is 2.42. The number of hydrogen-bond donors (Lipinski definition) is 2. The van der Waals surface area contributed by atoms with Crippen LogP contribution in [0.2, 0.25) is 0 Å². The average molecular weight is 304 g/mol. The van der Waals surface area contributed by atoms with E-state index in [0.29, 0.717) is 5.56 Å². The normalized spacial score (nSPS) is 10.8. The van der Waals surface area contributed by atoms with Gasteiger partial charge < -0.3 is 10.0 Å². The van der Waals surface area contributed by atoms with Crippen molar-refractivity contribution in [1.82, 2.24) is 0 Å². The van der Waals surface area contributed by atoms with Crippen molar-refractivity contribution in [2.45, 2.75) is 32.6 Å². The summed E-state index contributed by atoms with van der Waals surface area (Å²) in [6.07, 6.45) is 4.42. The molecule has 0 radical (unpaired) electrons. The standard InChI is InChI=1S/C17H19BF2O2/c1-2-3-4-5-12-6-8-13(9-7-12)14-10-11-15(18(21)22)17(20)16(14)19/h6-11,21-22H,2-5H2,1H3. The van der Waals surface area contributed by atoms with Crippen molar-refractivity contribution in [3.63, 3.8) is 0 Å². The Kier molecular flexibility index (Phi) is 5.69. The van der Waals surface area contributed by atoms with Crippen LogP contribution in [0.5, 0.6) is 0 Å². The van der Waals surface area contributed by atoms with E-state index in [4.69, 9.17) is 10.0 Å². The van der Waals surface area contributed by atoms with Gasteiger partial charge in [-0.15, -0.1) is 0 Å². The third kappa shape index (κ3) is 3.73. The van der Waals surface area contributed by atoms with Crippen molar-refractivity contribution in [3.8, 4) is 11.1 Å². The second-order valence-corrected chi connectivity index (χ2v) is 5.36. The highest BCUT2D eigenvalue weighted by atomic mass is 19.2. The lowest BCUT2D eigenvalue weighted by Crippen LogP contribution is -2.33. The summed E-state index contributed by atoms with van der Waals surface area (Å²) in [5.74, 6) is -2.29. The molecule has 116 valence electrons. The summed E-state index contributed by atoms with van der Waals surface area (Å²) in [5.41, 5.74) is 1.38. The predicted octanol–water partition coefficient (Wildman–Crippen LogP) is 3.04. The number of benzene rings is 2. The summed E-state index contributed by atoms with van der Waals surface area (Å²) in [5, 5.41) is 18.0. The van der Waals surface area contributed by atoms with Crippen molar-refractivity contribution in [2.24, 2.45) is 0 Å². The van der Waals surface area contributed by atoms with Crippen molar-refractivity contribution >= 4 is 12.6 Å². The van der Waals surface area contributed by atoms with Crippen LogP contribution >= 0.6 is 0 Å². The van der Waals surface area contributed by atoms with Crippen LogP contribution in [0.1, 0.15) is 31.7 Å². The molecule has 0 aromatic heterocycles. The summed E-state index contributed by atoms with van der Waals surface area (Å²) in [6, 6.07) is 9.89. The monoisotopic (exact) mass is 304 g/mol. The molecular weight excluding hydrogens is 285 g/mol. The summed E-state index contributed by atoms with van der Waals surface area (Å²) in [6.45, 7) is 2.15. The number of halogens is 2. The van der Waals surface area contributed by atoms with Gasteiger partial charge >= 0.3 is 7.12 Å². The van der Waals surface area contributed by atoms with Gasteiger partial charge in [-0.2, -0.15) is 0 Å². The molecule has 2 nitrogen and oxygen atoms in total. The van der Waals surface area contributed by atoms with Gasteiger partial charge in [-0.3, -0.25) is 0 Å². The maximum atomic E-state index is 14.1. The van der Waals surface area contributed by atoms with E-state index in [2.05, 4.69) is 6.92 Å². The quantitative estimate of drug-likeness (QED) is 0.636. The van der Waals surface area contributed by atoms with E-state index in [0.717, 1.165) is 19.3 Å². The zero-order valence-electron chi connectivity index (χ0n) is 12.5. The first kappa shape index (κ1) is 16.7. The molecule has 5 heteroatoms. The Morgan fingerprint density at radius 1 is 0.909 bits per heavy atom. The Bertz CT molecular complexity index is 627. The van der Waals surface area contributed by atoms with Crippen LogP contribution in [-0.2, 0) is 6.42 Å². The Morgan fingerprint density at radius 3 is 2.18 bits per heavy atom. The molecule has 0 aliphatic heterocycles. The molecule has 0 aliphatic carbocycles. The highest BCUT2D eigenvalue weighted by Crippen LogP contribution is 2.24. The van der Waals surface area contributed by atoms with Gasteiger partial charge in [0.1, 0.15) is 0 Å². The van der Waals surface area contributed by atoms with Crippen molar-refractivity contribution in [3.05, 3.63) is 53.6 Å². The SMILES string of the molecule is CCCCCc1ccc(-c2ccc(B(O)O)c(F)c2F)cc1. The topological polar surface area (TPSA) is 40.5 Å². The molecule has 0 saturated carbocycles. The minimum atomic E-state index is -2.02. The van der Waals surface area contributed by atoms with E-state index in [-0.39, 0.29) is 5.56 Å². The van der Waals surface area contributed by atoms with Crippen LogP contribution in [0.25, 0.3) is 11.1 Å². The number of rotatable bonds is 6. The molecule has 0 saturated heterocycles. The van der Waals surface area contributed by atoms with Crippen LogP contribution in [0.4, 0.5) is 8.78 Å². The van der Waals surface area contributed by atoms with Crippen LogP contribution < -0.4 is 5.46 Å². The molecule has 2 aromatic rings.